The molecule has 4 heteroatoms. The van der Waals surface area contributed by atoms with Gasteiger partial charge in [0.05, 0.1) is 6.54 Å². The Kier molecular flexibility index (Phi) is 2.85. The van der Waals surface area contributed by atoms with Crippen LogP contribution in [-0.2, 0) is 0 Å². The van der Waals surface area contributed by atoms with E-state index in [1.54, 1.807) is 0 Å². The highest BCUT2D eigenvalue weighted by Gasteiger charge is 2.36. The average molecular weight is 196 g/mol. The minimum absolute atomic E-state index is 0.251. The number of hydrogen-bond acceptors (Lipinski definition) is 4. The maximum absolute atomic E-state index is 6.11. The van der Waals surface area contributed by atoms with Crippen molar-refractivity contribution in [3.05, 3.63) is 0 Å². The molecule has 1 saturated heterocycles. The third-order valence-electron chi connectivity index (χ3n) is 3.47. The van der Waals surface area contributed by atoms with E-state index in [-0.39, 0.29) is 6.04 Å². The van der Waals surface area contributed by atoms with Crippen LogP contribution in [-0.4, -0.2) is 43.4 Å². The third-order valence-corrected chi connectivity index (χ3v) is 3.47. The average Bonchev–Trinajstić information content (AvgIpc) is 2.46. The Morgan fingerprint density at radius 3 is 2.86 bits per heavy atom. The van der Waals surface area contributed by atoms with Crippen LogP contribution in [0.2, 0.25) is 0 Å². The number of nitrogens with zero attached hydrogens (tertiary/aromatic N) is 2. The summed E-state index contributed by atoms with van der Waals surface area (Å²) in [6.45, 7) is 4.15. The van der Waals surface area contributed by atoms with Crippen LogP contribution in [0.4, 0.5) is 0 Å². The quantitative estimate of drug-likeness (QED) is 0.614. The number of rotatable bonds is 1. The van der Waals surface area contributed by atoms with Gasteiger partial charge in [-0.05, 0) is 31.4 Å². The van der Waals surface area contributed by atoms with Gasteiger partial charge in [0.15, 0.2) is 0 Å². The zero-order chi connectivity index (χ0) is 10.1. The zero-order valence-electron chi connectivity index (χ0n) is 8.98. The lowest BCUT2D eigenvalue weighted by Gasteiger charge is -2.31. The molecule has 0 radical (unpaired) electrons. The Morgan fingerprint density at radius 2 is 2.29 bits per heavy atom. The first-order chi connectivity index (χ1) is 6.68. The van der Waals surface area contributed by atoms with Gasteiger partial charge in [0.2, 0.25) is 0 Å². The van der Waals surface area contributed by atoms with E-state index < -0.39 is 0 Å². The Balaban J connectivity index is 2.03. The van der Waals surface area contributed by atoms with Crippen molar-refractivity contribution in [2.24, 2.45) is 22.6 Å². The molecule has 4 unspecified atom stereocenters. The first kappa shape index (κ1) is 10.1. The van der Waals surface area contributed by atoms with Crippen LogP contribution in [0, 0.1) is 11.8 Å². The van der Waals surface area contributed by atoms with Crippen LogP contribution in [0.3, 0.4) is 0 Å². The highest BCUT2D eigenvalue weighted by Crippen LogP contribution is 2.27. The fourth-order valence-corrected chi connectivity index (χ4v) is 2.67. The van der Waals surface area contributed by atoms with Crippen molar-refractivity contribution in [2.75, 3.05) is 20.1 Å². The largest absolute Gasteiger partial charge is 0.326 e. The van der Waals surface area contributed by atoms with E-state index in [1.165, 1.54) is 0 Å². The fourth-order valence-electron chi connectivity index (χ4n) is 2.67. The normalized spacial score (nSPS) is 44.5. The van der Waals surface area contributed by atoms with Gasteiger partial charge in [0.25, 0.3) is 0 Å². The van der Waals surface area contributed by atoms with E-state index >= 15 is 0 Å². The van der Waals surface area contributed by atoms with E-state index in [9.17, 15) is 0 Å². The molecule has 0 aromatic carbocycles. The molecule has 0 aromatic heterocycles. The van der Waals surface area contributed by atoms with E-state index in [4.69, 9.17) is 5.73 Å². The number of hydrogen-bond donors (Lipinski definition) is 2. The third kappa shape index (κ3) is 1.82. The van der Waals surface area contributed by atoms with Gasteiger partial charge in [0, 0.05) is 25.7 Å². The van der Waals surface area contributed by atoms with Crippen molar-refractivity contribution in [3.63, 3.8) is 0 Å². The van der Waals surface area contributed by atoms with E-state index in [2.05, 4.69) is 29.4 Å². The van der Waals surface area contributed by atoms with Gasteiger partial charge < -0.3 is 5.73 Å². The molecule has 0 saturated carbocycles. The number of hydrazine groups is 1. The highest BCUT2D eigenvalue weighted by molar-refractivity contribution is 5.59. The van der Waals surface area contributed by atoms with Gasteiger partial charge in [0.1, 0.15) is 0 Å². The maximum Gasteiger partial charge on any atom is 0.0539 e. The molecule has 2 rings (SSSR count). The molecule has 3 N–H and O–H groups in total. The summed E-state index contributed by atoms with van der Waals surface area (Å²) in [6.07, 6.45) is 3.09. The summed E-state index contributed by atoms with van der Waals surface area (Å²) >= 11 is 0. The number of aliphatic imine (C=N–C) groups is 1. The van der Waals surface area contributed by atoms with Crippen LogP contribution in [0.25, 0.3) is 0 Å². The predicted octanol–water partition coefficient (Wildman–Crippen LogP) is -0.141. The molecular formula is C10H20N4. The molecule has 0 aromatic rings. The van der Waals surface area contributed by atoms with Gasteiger partial charge >= 0.3 is 0 Å². The molecule has 80 valence electrons. The first-order valence-electron chi connectivity index (χ1n) is 5.39. The molecular weight excluding hydrogens is 176 g/mol. The molecule has 2 aliphatic heterocycles. The molecule has 1 fully saturated rings. The van der Waals surface area contributed by atoms with Crippen LogP contribution in [0.1, 0.15) is 13.3 Å². The minimum atomic E-state index is 0.251. The van der Waals surface area contributed by atoms with Gasteiger partial charge in [-0.1, -0.05) is 0 Å². The van der Waals surface area contributed by atoms with Crippen molar-refractivity contribution >= 4 is 6.21 Å². The predicted molar refractivity (Wildman–Crippen MR) is 58.2 cm³/mol. The topological polar surface area (TPSA) is 53.6 Å². The molecule has 0 spiro atoms. The summed E-state index contributed by atoms with van der Waals surface area (Å²) in [5.74, 6) is 1.27. The van der Waals surface area contributed by atoms with Gasteiger partial charge in [-0.15, -0.1) is 0 Å². The van der Waals surface area contributed by atoms with E-state index in [1.807, 2.05) is 6.21 Å². The van der Waals surface area contributed by atoms with Crippen molar-refractivity contribution < 1.29 is 0 Å². The molecule has 0 bridgehead atoms. The van der Waals surface area contributed by atoms with Crippen molar-refractivity contribution in [1.29, 1.82) is 0 Å². The van der Waals surface area contributed by atoms with Gasteiger partial charge in [-0.3, -0.25) is 10.4 Å². The Bertz CT molecular complexity index is 228. The standard InChI is InChI=1S/C10H20N4/c1-7-9(6-14(2)13-7)8-3-4-12-5-10(8)11/h4,7-10,13H,3,5-6,11H2,1-2H3. The lowest BCUT2D eigenvalue weighted by molar-refractivity contribution is 0.270. The Labute approximate surface area is 85.5 Å². The van der Waals surface area contributed by atoms with Crippen LogP contribution in [0.5, 0.6) is 0 Å². The molecule has 0 amide bonds. The van der Waals surface area contributed by atoms with Crippen molar-refractivity contribution in [3.8, 4) is 0 Å². The van der Waals surface area contributed by atoms with E-state index in [0.717, 1.165) is 19.5 Å². The summed E-state index contributed by atoms with van der Waals surface area (Å²) in [5, 5.41) is 2.17. The molecule has 0 aliphatic carbocycles. The SMILES string of the molecule is CC1NN(C)CC1C1CC=NCC1N. The molecule has 4 atom stereocenters. The van der Waals surface area contributed by atoms with Crippen LogP contribution < -0.4 is 11.2 Å². The summed E-state index contributed by atoms with van der Waals surface area (Å²) in [6, 6.07) is 0.795. The lowest BCUT2D eigenvalue weighted by Crippen LogP contribution is -2.43. The van der Waals surface area contributed by atoms with Crippen molar-refractivity contribution in [2.45, 2.75) is 25.4 Å². The zero-order valence-corrected chi connectivity index (χ0v) is 8.98. The summed E-state index contributed by atoms with van der Waals surface area (Å²) in [7, 11) is 2.10. The second-order valence-electron chi connectivity index (χ2n) is 4.57. The smallest absolute Gasteiger partial charge is 0.0539 e. The van der Waals surface area contributed by atoms with Crippen LogP contribution in [0.15, 0.2) is 4.99 Å². The summed E-state index contributed by atoms with van der Waals surface area (Å²) < 4.78 is 0. The summed E-state index contributed by atoms with van der Waals surface area (Å²) in [4.78, 5) is 4.24. The number of nitrogens with two attached hydrogens (primary N) is 1. The molecule has 4 nitrogen and oxygen atoms in total. The lowest BCUT2D eigenvalue weighted by atomic mass is 9.80. The summed E-state index contributed by atoms with van der Waals surface area (Å²) in [5.41, 5.74) is 9.52. The van der Waals surface area contributed by atoms with Crippen LogP contribution >= 0.6 is 0 Å². The Morgan fingerprint density at radius 1 is 1.50 bits per heavy atom. The molecule has 2 aliphatic rings. The fraction of sp³-hybridized carbons (Fsp3) is 0.900. The first-order valence-corrected chi connectivity index (χ1v) is 5.39. The van der Waals surface area contributed by atoms with Crippen molar-refractivity contribution in [1.82, 2.24) is 10.4 Å². The number of nitrogens with one attached hydrogen (secondary N) is 1. The second-order valence-corrected chi connectivity index (χ2v) is 4.57. The highest BCUT2D eigenvalue weighted by atomic mass is 15.5. The maximum atomic E-state index is 6.11. The Hall–Kier alpha value is -0.450. The minimum Gasteiger partial charge on any atom is -0.326 e. The second kappa shape index (κ2) is 3.96. The van der Waals surface area contributed by atoms with Gasteiger partial charge in [-0.25, -0.2) is 5.01 Å². The monoisotopic (exact) mass is 196 g/mol. The molecule has 14 heavy (non-hydrogen) atoms. The van der Waals surface area contributed by atoms with Gasteiger partial charge in [-0.2, -0.15) is 0 Å². The molecule has 2 heterocycles. The van der Waals surface area contributed by atoms with E-state index in [0.29, 0.717) is 17.9 Å².